The molecule has 2 atom stereocenters. The van der Waals surface area contributed by atoms with Crippen LogP contribution in [0.15, 0.2) is 30.5 Å². The number of halogens is 2. The lowest BCUT2D eigenvalue weighted by atomic mass is 10.1. The molecule has 0 N–H and O–H groups in total. The molecule has 30 heavy (non-hydrogen) atoms. The first-order valence-corrected chi connectivity index (χ1v) is 10.4. The summed E-state index contributed by atoms with van der Waals surface area (Å²) < 4.78 is 21.2. The standard InChI is InChI=1S/C22H24ClFN4O2/c1-13(11-28-15(3)21(23)14(2)26-28)22(29)27-6-7-30-20(12-27)19-9-17-8-18(24)5-4-16(17)10-25-19/h4-5,8-10,13,20H,6-7,11-12H2,1-3H3/t13-,20+/m0/s1. The van der Waals surface area contributed by atoms with Gasteiger partial charge >= 0.3 is 0 Å². The Labute approximate surface area is 179 Å². The fraction of sp³-hybridized carbons (Fsp3) is 0.409. The van der Waals surface area contributed by atoms with E-state index in [1.54, 1.807) is 16.9 Å². The first-order valence-electron chi connectivity index (χ1n) is 9.98. The highest BCUT2D eigenvalue weighted by Crippen LogP contribution is 2.26. The first-order chi connectivity index (χ1) is 14.3. The van der Waals surface area contributed by atoms with Gasteiger partial charge < -0.3 is 9.64 Å². The fourth-order valence-electron chi connectivity index (χ4n) is 3.84. The molecule has 2 aromatic heterocycles. The second-order valence-corrected chi connectivity index (χ2v) is 8.19. The van der Waals surface area contributed by atoms with E-state index >= 15 is 0 Å². The maximum absolute atomic E-state index is 13.6. The van der Waals surface area contributed by atoms with Crippen LogP contribution in [0.5, 0.6) is 0 Å². The number of carbonyl (C=O) groups is 1. The normalized spacial score (nSPS) is 18.0. The average Bonchev–Trinajstić information content (AvgIpc) is 2.99. The Kier molecular flexibility index (Phi) is 5.75. The van der Waals surface area contributed by atoms with Gasteiger partial charge in [0.2, 0.25) is 5.91 Å². The molecule has 0 radical (unpaired) electrons. The number of nitrogens with zero attached hydrogens (tertiary/aromatic N) is 4. The molecule has 4 rings (SSSR count). The minimum absolute atomic E-state index is 0.0406. The Balaban J connectivity index is 1.47. The van der Waals surface area contributed by atoms with Gasteiger partial charge in [-0.1, -0.05) is 18.5 Å². The summed E-state index contributed by atoms with van der Waals surface area (Å²) in [4.78, 5) is 19.4. The van der Waals surface area contributed by atoms with Gasteiger partial charge in [-0.15, -0.1) is 0 Å². The van der Waals surface area contributed by atoms with Crippen LogP contribution >= 0.6 is 11.6 Å². The van der Waals surface area contributed by atoms with Crippen molar-refractivity contribution in [3.63, 3.8) is 0 Å². The highest BCUT2D eigenvalue weighted by molar-refractivity contribution is 6.31. The van der Waals surface area contributed by atoms with E-state index in [4.69, 9.17) is 16.3 Å². The summed E-state index contributed by atoms with van der Waals surface area (Å²) in [5.74, 6) is -0.505. The minimum atomic E-state index is -0.342. The van der Waals surface area contributed by atoms with Crippen molar-refractivity contribution in [1.29, 1.82) is 0 Å². The smallest absolute Gasteiger partial charge is 0.227 e. The van der Waals surface area contributed by atoms with Gasteiger partial charge in [-0.05, 0) is 43.5 Å². The lowest BCUT2D eigenvalue weighted by Crippen LogP contribution is -2.45. The lowest BCUT2D eigenvalue weighted by molar-refractivity contribution is -0.143. The molecule has 1 amide bonds. The van der Waals surface area contributed by atoms with Crippen LogP contribution in [0.25, 0.3) is 10.8 Å². The summed E-state index contributed by atoms with van der Waals surface area (Å²) in [5.41, 5.74) is 2.32. The zero-order valence-corrected chi connectivity index (χ0v) is 18.0. The number of ether oxygens (including phenoxy) is 1. The Morgan fingerprint density at radius 1 is 1.33 bits per heavy atom. The van der Waals surface area contributed by atoms with Crippen molar-refractivity contribution in [2.75, 3.05) is 19.7 Å². The van der Waals surface area contributed by atoms with E-state index in [0.717, 1.165) is 22.2 Å². The molecular weight excluding hydrogens is 407 g/mol. The average molecular weight is 431 g/mol. The number of rotatable bonds is 4. The van der Waals surface area contributed by atoms with Crippen molar-refractivity contribution < 1.29 is 13.9 Å². The predicted molar refractivity (Wildman–Crippen MR) is 113 cm³/mol. The van der Waals surface area contributed by atoms with Gasteiger partial charge in [-0.3, -0.25) is 14.5 Å². The van der Waals surface area contributed by atoms with Gasteiger partial charge in [0, 0.05) is 18.1 Å². The molecule has 0 bridgehead atoms. The van der Waals surface area contributed by atoms with Gasteiger partial charge in [0.15, 0.2) is 0 Å². The number of morpholine rings is 1. The number of benzene rings is 1. The quantitative estimate of drug-likeness (QED) is 0.625. The third kappa shape index (κ3) is 4.04. The second-order valence-electron chi connectivity index (χ2n) is 7.81. The third-order valence-corrected chi connectivity index (χ3v) is 6.12. The molecule has 3 heterocycles. The largest absolute Gasteiger partial charge is 0.368 e. The summed E-state index contributed by atoms with van der Waals surface area (Å²) in [6.07, 6.45) is 1.37. The van der Waals surface area contributed by atoms with Gasteiger partial charge in [0.25, 0.3) is 0 Å². The second kappa shape index (κ2) is 8.32. The van der Waals surface area contributed by atoms with Crippen LogP contribution in [0, 0.1) is 25.6 Å². The molecule has 6 nitrogen and oxygen atoms in total. The van der Waals surface area contributed by atoms with Crippen LogP contribution in [0.3, 0.4) is 0 Å². The predicted octanol–water partition coefficient (Wildman–Crippen LogP) is 4.08. The van der Waals surface area contributed by atoms with Crippen LogP contribution in [0.1, 0.15) is 30.1 Å². The van der Waals surface area contributed by atoms with Crippen LogP contribution in [0.4, 0.5) is 4.39 Å². The summed E-state index contributed by atoms with van der Waals surface area (Å²) >= 11 is 6.22. The minimum Gasteiger partial charge on any atom is -0.368 e. The number of hydrogen-bond acceptors (Lipinski definition) is 4. The Hall–Kier alpha value is -2.51. The third-order valence-electron chi connectivity index (χ3n) is 5.57. The van der Waals surface area contributed by atoms with E-state index in [1.807, 2.05) is 31.7 Å². The highest BCUT2D eigenvalue weighted by atomic mass is 35.5. The number of hydrogen-bond donors (Lipinski definition) is 0. The molecule has 8 heteroatoms. The maximum Gasteiger partial charge on any atom is 0.227 e. The van der Waals surface area contributed by atoms with E-state index in [9.17, 15) is 9.18 Å². The number of amides is 1. The van der Waals surface area contributed by atoms with Crippen molar-refractivity contribution in [2.45, 2.75) is 33.4 Å². The highest BCUT2D eigenvalue weighted by Gasteiger charge is 2.29. The summed E-state index contributed by atoms with van der Waals surface area (Å²) in [6.45, 7) is 7.49. The molecule has 158 valence electrons. The van der Waals surface area contributed by atoms with Gasteiger partial charge in [0.1, 0.15) is 11.9 Å². The maximum atomic E-state index is 13.6. The molecular formula is C22H24ClFN4O2. The van der Waals surface area contributed by atoms with Crippen LogP contribution in [-0.4, -0.2) is 45.3 Å². The number of fused-ring (bicyclic) bond motifs is 1. The summed E-state index contributed by atoms with van der Waals surface area (Å²) in [6, 6.07) is 6.43. The fourth-order valence-corrected chi connectivity index (χ4v) is 3.97. The number of aryl methyl sites for hydroxylation is 1. The van der Waals surface area contributed by atoms with Crippen molar-refractivity contribution in [3.8, 4) is 0 Å². The molecule has 0 aliphatic carbocycles. The van der Waals surface area contributed by atoms with E-state index in [-0.39, 0.29) is 23.7 Å². The van der Waals surface area contributed by atoms with Gasteiger partial charge in [-0.25, -0.2) is 4.39 Å². The Morgan fingerprint density at radius 2 is 2.13 bits per heavy atom. The van der Waals surface area contributed by atoms with E-state index in [2.05, 4.69) is 10.1 Å². The van der Waals surface area contributed by atoms with E-state index < -0.39 is 0 Å². The monoisotopic (exact) mass is 430 g/mol. The molecule has 1 fully saturated rings. The summed E-state index contributed by atoms with van der Waals surface area (Å²) in [7, 11) is 0. The van der Waals surface area contributed by atoms with Crippen molar-refractivity contribution in [1.82, 2.24) is 19.7 Å². The Morgan fingerprint density at radius 3 is 2.87 bits per heavy atom. The zero-order valence-electron chi connectivity index (χ0n) is 17.2. The van der Waals surface area contributed by atoms with Gasteiger partial charge in [-0.2, -0.15) is 5.10 Å². The first kappa shape index (κ1) is 20.8. The number of carbonyl (C=O) groups excluding carboxylic acids is 1. The van der Waals surface area contributed by atoms with Crippen molar-refractivity contribution in [3.05, 3.63) is 58.4 Å². The van der Waals surface area contributed by atoms with Crippen molar-refractivity contribution in [2.24, 2.45) is 5.92 Å². The number of aromatic nitrogens is 3. The van der Waals surface area contributed by atoms with E-state index in [0.29, 0.717) is 37.0 Å². The zero-order chi connectivity index (χ0) is 21.4. The molecule has 1 saturated heterocycles. The van der Waals surface area contributed by atoms with E-state index in [1.165, 1.54) is 12.1 Å². The molecule has 0 unspecified atom stereocenters. The van der Waals surface area contributed by atoms with Crippen molar-refractivity contribution >= 4 is 28.3 Å². The van der Waals surface area contributed by atoms with Crippen LogP contribution in [-0.2, 0) is 16.1 Å². The molecule has 1 aliphatic rings. The van der Waals surface area contributed by atoms with Crippen LogP contribution in [0.2, 0.25) is 5.02 Å². The molecule has 0 saturated carbocycles. The van der Waals surface area contributed by atoms with Gasteiger partial charge in [0.05, 0.1) is 47.7 Å². The molecule has 1 aromatic carbocycles. The molecule has 0 spiro atoms. The number of pyridine rings is 1. The van der Waals surface area contributed by atoms with Crippen LogP contribution < -0.4 is 0 Å². The lowest BCUT2D eigenvalue weighted by Gasteiger charge is -2.34. The summed E-state index contributed by atoms with van der Waals surface area (Å²) in [5, 5.41) is 6.69. The topological polar surface area (TPSA) is 60.2 Å². The molecule has 1 aliphatic heterocycles. The SMILES string of the molecule is Cc1nn(C[C@H](C)C(=O)N2CCO[C@@H](c3cc4cc(F)ccc4cn3)C2)c(C)c1Cl. The molecule has 3 aromatic rings. The Bertz CT molecular complexity index is 1100.